The molecule has 1 heterocycles. The maximum Gasteiger partial charge on any atom is 0.313 e. The Morgan fingerprint density at radius 3 is 2.14 bits per heavy atom. The smallest absolute Gasteiger partial charge is 0.313 e. The molecule has 42 heavy (non-hydrogen) atoms. The monoisotopic (exact) mass is 566 g/mol. The van der Waals surface area contributed by atoms with Gasteiger partial charge in [-0.05, 0) is 28.8 Å². The summed E-state index contributed by atoms with van der Waals surface area (Å²) in [5.74, 6) is -2.12. The molecule has 1 saturated carbocycles. The number of Topliss-reactive ketones (excluding diaryl/α,β-unsaturated/α-hetero) is 1. The first kappa shape index (κ1) is 27.4. The number of ketones is 1. The van der Waals surface area contributed by atoms with Crippen molar-refractivity contribution in [3.8, 4) is 23.0 Å². The molecule has 214 valence electrons. The Morgan fingerprint density at radius 1 is 0.857 bits per heavy atom. The van der Waals surface area contributed by atoms with Crippen molar-refractivity contribution in [1.82, 2.24) is 0 Å². The highest BCUT2D eigenvalue weighted by atomic mass is 16.5. The minimum atomic E-state index is -2.32. The molecule has 0 amide bonds. The number of esters is 1. The molecule has 0 aromatic heterocycles. The highest BCUT2D eigenvalue weighted by molar-refractivity contribution is 6.13. The van der Waals surface area contributed by atoms with Crippen molar-refractivity contribution >= 4 is 11.8 Å². The van der Waals surface area contributed by atoms with Gasteiger partial charge in [-0.25, -0.2) is 0 Å². The Kier molecular flexibility index (Phi) is 6.86. The fourth-order valence-electron chi connectivity index (χ4n) is 6.33. The summed E-state index contributed by atoms with van der Waals surface area (Å²) >= 11 is 0. The van der Waals surface area contributed by atoms with Gasteiger partial charge < -0.3 is 28.8 Å². The number of aliphatic hydroxyl groups is 1. The van der Waals surface area contributed by atoms with E-state index in [-0.39, 0.29) is 17.1 Å². The molecule has 1 aliphatic heterocycles. The Morgan fingerprint density at radius 2 is 1.52 bits per heavy atom. The van der Waals surface area contributed by atoms with Crippen LogP contribution >= 0.6 is 0 Å². The second-order valence-electron chi connectivity index (χ2n) is 10.3. The van der Waals surface area contributed by atoms with E-state index in [1.54, 1.807) is 30.3 Å². The van der Waals surface area contributed by atoms with Crippen molar-refractivity contribution in [3.05, 3.63) is 119 Å². The Hall–Kier alpha value is -4.82. The van der Waals surface area contributed by atoms with Crippen LogP contribution in [0.4, 0.5) is 0 Å². The summed E-state index contributed by atoms with van der Waals surface area (Å²) in [6.07, 6.45) is 0. The number of ether oxygens (including phenoxy) is 5. The molecule has 0 bridgehead atoms. The molecule has 1 fully saturated rings. The lowest BCUT2D eigenvalue weighted by Crippen LogP contribution is -2.80. The van der Waals surface area contributed by atoms with E-state index in [2.05, 4.69) is 0 Å². The second-order valence-corrected chi connectivity index (χ2v) is 10.3. The molecule has 1 N–H and O–H groups in total. The van der Waals surface area contributed by atoms with E-state index in [4.69, 9.17) is 23.7 Å². The Labute approximate surface area is 243 Å². The number of hydrogen-bond acceptors (Lipinski definition) is 8. The van der Waals surface area contributed by atoms with E-state index in [1.165, 1.54) is 27.4 Å². The fourth-order valence-corrected chi connectivity index (χ4v) is 6.33. The van der Waals surface area contributed by atoms with Crippen molar-refractivity contribution < 1.29 is 38.4 Å². The van der Waals surface area contributed by atoms with Crippen LogP contribution in [0.25, 0.3) is 0 Å². The molecular formula is C34H30O8. The Balaban J connectivity index is 1.52. The van der Waals surface area contributed by atoms with E-state index in [0.29, 0.717) is 29.2 Å². The highest BCUT2D eigenvalue weighted by Gasteiger charge is 2.82. The molecule has 0 spiro atoms. The van der Waals surface area contributed by atoms with Gasteiger partial charge in [-0.3, -0.25) is 9.59 Å². The van der Waals surface area contributed by atoms with Crippen LogP contribution in [0.1, 0.15) is 33.0 Å². The summed E-state index contributed by atoms with van der Waals surface area (Å²) in [5.41, 5.74) is -1.77. The average molecular weight is 567 g/mol. The highest BCUT2D eigenvalue weighted by Crippen LogP contribution is 2.69. The lowest BCUT2D eigenvalue weighted by atomic mass is 9.44. The maximum absolute atomic E-state index is 14.4. The van der Waals surface area contributed by atoms with Crippen LogP contribution in [0.2, 0.25) is 0 Å². The quantitative estimate of drug-likeness (QED) is 0.295. The molecule has 2 aliphatic rings. The molecule has 4 aromatic carbocycles. The van der Waals surface area contributed by atoms with Crippen molar-refractivity contribution in [2.75, 3.05) is 21.3 Å². The normalized spacial score (nSPS) is 23.9. The molecule has 4 atom stereocenters. The molecule has 0 saturated heterocycles. The first-order valence-corrected chi connectivity index (χ1v) is 13.5. The van der Waals surface area contributed by atoms with Gasteiger partial charge in [0.2, 0.25) is 5.78 Å². The van der Waals surface area contributed by atoms with E-state index < -0.39 is 34.8 Å². The molecule has 8 nitrogen and oxygen atoms in total. The van der Waals surface area contributed by atoms with Gasteiger partial charge in [0.15, 0.2) is 11.2 Å². The van der Waals surface area contributed by atoms with E-state index in [0.717, 1.165) is 5.56 Å². The zero-order chi connectivity index (χ0) is 29.5. The summed E-state index contributed by atoms with van der Waals surface area (Å²) < 4.78 is 28.8. The van der Waals surface area contributed by atoms with Crippen molar-refractivity contribution in [2.24, 2.45) is 5.92 Å². The number of carbonyl (C=O) groups is 2. The Bertz CT molecular complexity index is 1620. The van der Waals surface area contributed by atoms with Gasteiger partial charge in [0, 0.05) is 18.1 Å². The molecule has 1 aliphatic carbocycles. The summed E-state index contributed by atoms with van der Waals surface area (Å²) in [6, 6.07) is 29.1. The van der Waals surface area contributed by atoms with E-state index >= 15 is 0 Å². The third kappa shape index (κ3) is 3.94. The minimum Gasteiger partial charge on any atom is -0.496 e. The van der Waals surface area contributed by atoms with Crippen LogP contribution in [-0.4, -0.2) is 43.8 Å². The van der Waals surface area contributed by atoms with Gasteiger partial charge in [-0.15, -0.1) is 0 Å². The molecular weight excluding hydrogens is 536 g/mol. The SMILES string of the molecule is COC(=O)C1C(c2ccccc2)[C@]2(c3ccc(OCc4ccccc4)cc3)Oc3cc(OC)cc(OC)c3C(=O)[C@]12O. The summed E-state index contributed by atoms with van der Waals surface area (Å²) in [7, 11) is 4.14. The number of methoxy groups -OCH3 is 3. The van der Waals surface area contributed by atoms with Gasteiger partial charge in [0.1, 0.15) is 41.1 Å². The van der Waals surface area contributed by atoms with Crippen molar-refractivity contribution in [2.45, 2.75) is 23.7 Å². The lowest BCUT2D eigenvalue weighted by Gasteiger charge is -2.65. The van der Waals surface area contributed by atoms with Gasteiger partial charge in [0.25, 0.3) is 0 Å². The predicted molar refractivity (Wildman–Crippen MR) is 153 cm³/mol. The lowest BCUT2D eigenvalue weighted by molar-refractivity contribution is -0.251. The van der Waals surface area contributed by atoms with Gasteiger partial charge >= 0.3 is 5.97 Å². The molecule has 2 unspecified atom stereocenters. The predicted octanol–water partition coefficient (Wildman–Crippen LogP) is 5.07. The van der Waals surface area contributed by atoms with Crippen LogP contribution in [0.15, 0.2) is 97.1 Å². The zero-order valence-corrected chi connectivity index (χ0v) is 23.4. The third-order valence-corrected chi connectivity index (χ3v) is 8.27. The van der Waals surface area contributed by atoms with Crippen LogP contribution in [-0.2, 0) is 21.7 Å². The topological polar surface area (TPSA) is 101 Å². The molecule has 4 aromatic rings. The van der Waals surface area contributed by atoms with E-state index in [1.807, 2.05) is 60.7 Å². The number of rotatable bonds is 8. The van der Waals surface area contributed by atoms with E-state index in [9.17, 15) is 14.7 Å². The average Bonchev–Trinajstić information content (AvgIpc) is 3.04. The first-order valence-electron chi connectivity index (χ1n) is 13.5. The number of benzene rings is 4. The van der Waals surface area contributed by atoms with Gasteiger partial charge in [0.05, 0.1) is 21.3 Å². The second kappa shape index (κ2) is 10.5. The molecule has 6 rings (SSSR count). The van der Waals surface area contributed by atoms with Crippen LogP contribution in [0, 0.1) is 5.92 Å². The largest absolute Gasteiger partial charge is 0.496 e. The number of carbonyl (C=O) groups excluding carboxylic acids is 2. The van der Waals surface area contributed by atoms with Crippen LogP contribution in [0.3, 0.4) is 0 Å². The zero-order valence-electron chi connectivity index (χ0n) is 23.4. The van der Waals surface area contributed by atoms with Gasteiger partial charge in [-0.2, -0.15) is 0 Å². The third-order valence-electron chi connectivity index (χ3n) is 8.27. The summed E-state index contributed by atoms with van der Waals surface area (Å²) in [4.78, 5) is 27.7. The van der Waals surface area contributed by atoms with Gasteiger partial charge in [-0.1, -0.05) is 72.8 Å². The number of fused-ring (bicyclic) bond motifs is 2. The number of hydrogen-bond donors (Lipinski definition) is 1. The van der Waals surface area contributed by atoms with Crippen molar-refractivity contribution in [1.29, 1.82) is 0 Å². The molecule has 0 radical (unpaired) electrons. The van der Waals surface area contributed by atoms with Crippen LogP contribution < -0.4 is 18.9 Å². The minimum absolute atomic E-state index is 0.0275. The fraction of sp³-hybridized carbons (Fsp3) is 0.235. The first-order chi connectivity index (χ1) is 20.4. The van der Waals surface area contributed by atoms with Crippen LogP contribution in [0.5, 0.6) is 23.0 Å². The summed E-state index contributed by atoms with van der Waals surface area (Å²) in [5, 5.41) is 12.5. The summed E-state index contributed by atoms with van der Waals surface area (Å²) in [6.45, 7) is 0.369. The maximum atomic E-state index is 14.4. The molecule has 8 heteroatoms. The standard InChI is InChI=1S/C34H30O8/c1-38-25-18-26(39-2)28-27(19-25)42-34(23-14-16-24(17-15-23)41-20-21-10-6-4-7-11-21)29(22-12-8-5-9-13-22)30(32(36)40-3)33(34,37)31(28)35/h4-19,29-30,37H,20H2,1-3H3/t29?,30?,33-,34+/m1/s1. The van der Waals surface area contributed by atoms with Crippen molar-refractivity contribution in [3.63, 3.8) is 0 Å².